The van der Waals surface area contributed by atoms with Crippen molar-refractivity contribution in [2.24, 2.45) is 0 Å². The zero-order chi connectivity index (χ0) is 6.08. The molecule has 0 N–H and O–H groups in total. The molecule has 0 heterocycles. The average molecular weight is 289 g/mol. The second-order valence-corrected chi connectivity index (χ2v) is 4.72. The molecule has 0 amide bonds. The Hall–Kier alpha value is 1.00. The van der Waals surface area contributed by atoms with E-state index in [1.165, 1.54) is 22.6 Å². The van der Waals surface area contributed by atoms with Crippen LogP contribution in [0.5, 0.6) is 0 Å². The van der Waals surface area contributed by atoms with Crippen LogP contribution >= 0.6 is 38.5 Å². The first-order valence-electron chi connectivity index (χ1n) is 1.29. The molecule has 0 aliphatic heterocycles. The monoisotopic (exact) mass is 288 g/mol. The summed E-state index contributed by atoms with van der Waals surface area (Å²) in [6, 6.07) is 0. The minimum absolute atomic E-state index is 1.24. The predicted molar refractivity (Wildman–Crippen MR) is 32.8 cm³/mol. The fourth-order valence-corrected chi connectivity index (χ4v) is 0. The first-order valence-corrected chi connectivity index (χ1v) is 3.45. The average Bonchev–Trinajstić information content (AvgIpc) is 1.31. The third-order valence-electron chi connectivity index (χ3n) is 0.247. The van der Waals surface area contributed by atoms with Crippen molar-refractivity contribution in [2.45, 2.75) is 9.01 Å². The molecule has 0 spiro atoms. The Labute approximate surface area is 60.7 Å². The third-order valence-corrected chi connectivity index (χ3v) is 1.47. The van der Waals surface area contributed by atoms with E-state index >= 15 is 0 Å². The van der Waals surface area contributed by atoms with E-state index < -0.39 is 9.01 Å². The van der Waals surface area contributed by atoms with E-state index in [0.717, 1.165) is 0 Å². The molecule has 0 radical (unpaired) electrons. The topological polar surface area (TPSA) is 0 Å². The fraction of sp³-hybridized carbons (Fsp3) is 1.00. The molecule has 0 aliphatic carbocycles. The van der Waals surface area contributed by atoms with Gasteiger partial charge in [0.2, 0.25) is 0 Å². The van der Waals surface area contributed by atoms with E-state index in [9.17, 15) is 13.2 Å². The largest absolute Gasteiger partial charge is 0.409 e. The standard InChI is InChI=1S/C2HBrF3I/c3-1(7)2(4,5)6/h1H. The van der Waals surface area contributed by atoms with Crippen molar-refractivity contribution in [3.63, 3.8) is 0 Å². The van der Waals surface area contributed by atoms with Crippen LogP contribution in [0.1, 0.15) is 0 Å². The lowest BCUT2D eigenvalue weighted by molar-refractivity contribution is -0.108. The molecule has 1 atom stereocenters. The van der Waals surface area contributed by atoms with Gasteiger partial charge in [-0.3, -0.25) is 0 Å². The zero-order valence-electron chi connectivity index (χ0n) is 2.97. The molecule has 0 rings (SSSR count). The van der Waals surface area contributed by atoms with Gasteiger partial charge in [-0.2, -0.15) is 13.2 Å². The maximum atomic E-state index is 11.1. The minimum atomic E-state index is -4.10. The molecule has 5 heteroatoms. The Kier molecular flexibility index (Phi) is 2.88. The normalized spacial score (nSPS) is 16.7. The van der Waals surface area contributed by atoms with E-state index in [1.807, 2.05) is 0 Å². The zero-order valence-corrected chi connectivity index (χ0v) is 6.71. The number of alkyl halides is 5. The summed E-state index contributed by atoms with van der Waals surface area (Å²) in [5.74, 6) is 0. The first-order chi connectivity index (χ1) is 2.94. The quantitative estimate of drug-likeness (QED) is 0.475. The van der Waals surface area contributed by atoms with Gasteiger partial charge in [-0.05, 0) is 0 Å². The maximum Gasteiger partial charge on any atom is 0.409 e. The molecular weight excluding hydrogens is 288 g/mol. The predicted octanol–water partition coefficient (Wildman–Crippen LogP) is 2.70. The molecule has 0 bridgehead atoms. The molecule has 0 fully saturated rings. The van der Waals surface area contributed by atoms with Crippen LogP contribution in [0, 0.1) is 0 Å². The van der Waals surface area contributed by atoms with E-state index in [2.05, 4.69) is 15.9 Å². The molecule has 0 aromatic heterocycles. The molecule has 0 aliphatic rings. The Morgan fingerprint density at radius 3 is 1.57 bits per heavy atom. The highest BCUT2D eigenvalue weighted by molar-refractivity contribution is 14.1. The van der Waals surface area contributed by atoms with Crippen LogP contribution in [-0.2, 0) is 0 Å². The van der Waals surface area contributed by atoms with Gasteiger partial charge in [0.1, 0.15) is 0 Å². The Balaban J connectivity index is 3.54. The lowest BCUT2D eigenvalue weighted by atomic mass is 10.8. The van der Waals surface area contributed by atoms with E-state index in [0.29, 0.717) is 0 Å². The van der Waals surface area contributed by atoms with Crippen molar-refractivity contribution in [1.29, 1.82) is 0 Å². The van der Waals surface area contributed by atoms with E-state index in [-0.39, 0.29) is 0 Å². The summed E-state index contributed by atoms with van der Waals surface area (Å²) in [6.07, 6.45) is -4.10. The first kappa shape index (κ1) is 8.00. The van der Waals surface area contributed by atoms with Crippen LogP contribution in [0.4, 0.5) is 13.2 Å². The van der Waals surface area contributed by atoms with Crippen molar-refractivity contribution >= 4 is 38.5 Å². The van der Waals surface area contributed by atoms with Gasteiger partial charge in [-0.25, -0.2) is 0 Å². The van der Waals surface area contributed by atoms with Crippen LogP contribution in [0.2, 0.25) is 0 Å². The molecule has 1 unspecified atom stereocenters. The summed E-state index contributed by atoms with van der Waals surface area (Å²) in [6.45, 7) is 0. The molecule has 0 aromatic rings. The van der Waals surface area contributed by atoms with Crippen LogP contribution in [0.15, 0.2) is 0 Å². The van der Waals surface area contributed by atoms with Gasteiger partial charge in [0.15, 0.2) is 2.83 Å². The molecular formula is C2HBrF3I. The summed E-state index contributed by atoms with van der Waals surface area (Å²) in [5, 5.41) is 0. The second-order valence-electron chi connectivity index (χ2n) is 0.842. The summed E-state index contributed by atoms with van der Waals surface area (Å²) >= 11 is 3.60. The Morgan fingerprint density at radius 2 is 1.57 bits per heavy atom. The molecule has 44 valence electrons. The highest BCUT2D eigenvalue weighted by atomic mass is 127. The van der Waals surface area contributed by atoms with Gasteiger partial charge in [0, 0.05) is 0 Å². The third kappa shape index (κ3) is 3.57. The molecule has 0 aromatic carbocycles. The lowest BCUT2D eigenvalue weighted by Crippen LogP contribution is -2.15. The number of hydrogen-bond acceptors (Lipinski definition) is 0. The number of halogens is 5. The Morgan fingerprint density at radius 1 is 1.43 bits per heavy atom. The van der Waals surface area contributed by atoms with Crippen LogP contribution in [-0.4, -0.2) is 9.01 Å². The second kappa shape index (κ2) is 2.52. The summed E-state index contributed by atoms with van der Waals surface area (Å²) in [4.78, 5) is 0. The van der Waals surface area contributed by atoms with Crippen molar-refractivity contribution in [3.05, 3.63) is 0 Å². The lowest BCUT2D eigenvalue weighted by Gasteiger charge is -2.04. The van der Waals surface area contributed by atoms with E-state index in [4.69, 9.17) is 0 Å². The van der Waals surface area contributed by atoms with Crippen LogP contribution < -0.4 is 0 Å². The SMILES string of the molecule is FC(F)(F)C(Br)I. The minimum Gasteiger partial charge on any atom is -0.169 e. The molecule has 0 nitrogen and oxygen atoms in total. The summed E-state index contributed by atoms with van der Waals surface area (Å²) in [5.41, 5.74) is 0. The fourth-order valence-electron chi connectivity index (χ4n) is 0. The van der Waals surface area contributed by atoms with Crippen molar-refractivity contribution in [2.75, 3.05) is 0 Å². The van der Waals surface area contributed by atoms with Crippen LogP contribution in [0.3, 0.4) is 0 Å². The molecule has 0 saturated heterocycles. The number of rotatable bonds is 0. The molecule has 0 saturated carbocycles. The van der Waals surface area contributed by atoms with E-state index in [1.54, 1.807) is 0 Å². The van der Waals surface area contributed by atoms with Gasteiger partial charge in [0.25, 0.3) is 0 Å². The highest BCUT2D eigenvalue weighted by Crippen LogP contribution is 2.30. The smallest absolute Gasteiger partial charge is 0.169 e. The summed E-state index contributed by atoms with van der Waals surface area (Å²) in [7, 11) is 0. The van der Waals surface area contributed by atoms with Gasteiger partial charge < -0.3 is 0 Å². The van der Waals surface area contributed by atoms with Crippen LogP contribution in [0.25, 0.3) is 0 Å². The van der Waals surface area contributed by atoms with Gasteiger partial charge in [0.05, 0.1) is 0 Å². The summed E-state index contributed by atoms with van der Waals surface area (Å²) < 4.78 is 32.0. The highest BCUT2D eigenvalue weighted by Gasteiger charge is 2.35. The van der Waals surface area contributed by atoms with Gasteiger partial charge in [-0.15, -0.1) is 0 Å². The maximum absolute atomic E-state index is 11.1. The number of hydrogen-bond donors (Lipinski definition) is 0. The van der Waals surface area contributed by atoms with Crippen molar-refractivity contribution < 1.29 is 13.2 Å². The Bertz CT molecular complexity index is 58.4. The van der Waals surface area contributed by atoms with Gasteiger partial charge >= 0.3 is 6.18 Å². The van der Waals surface area contributed by atoms with Crippen molar-refractivity contribution in [1.82, 2.24) is 0 Å². The van der Waals surface area contributed by atoms with Crippen molar-refractivity contribution in [3.8, 4) is 0 Å². The molecule has 7 heavy (non-hydrogen) atoms. The van der Waals surface area contributed by atoms with Gasteiger partial charge in [-0.1, -0.05) is 38.5 Å².